The molecule has 1 aromatic rings. The molecular weight excluding hydrogens is 222 g/mol. The van der Waals surface area contributed by atoms with E-state index in [9.17, 15) is 0 Å². The van der Waals surface area contributed by atoms with E-state index in [0.29, 0.717) is 6.04 Å². The predicted octanol–water partition coefficient (Wildman–Crippen LogP) is 4.41. The van der Waals surface area contributed by atoms with E-state index in [-0.39, 0.29) is 0 Å². The molecule has 1 heterocycles. The van der Waals surface area contributed by atoms with Crippen LogP contribution in [0.25, 0.3) is 0 Å². The molecule has 2 nitrogen and oxygen atoms in total. The Balaban J connectivity index is 2.25. The first-order valence-corrected chi connectivity index (χ1v) is 7.48. The van der Waals surface area contributed by atoms with Crippen LogP contribution in [0.5, 0.6) is 0 Å². The zero-order valence-electron chi connectivity index (χ0n) is 12.2. The molecule has 0 saturated carbocycles. The number of hydrogen-bond acceptors (Lipinski definition) is 2. The van der Waals surface area contributed by atoms with E-state index in [0.717, 1.165) is 24.6 Å². The van der Waals surface area contributed by atoms with Gasteiger partial charge in [0, 0.05) is 12.5 Å². The summed E-state index contributed by atoms with van der Waals surface area (Å²) in [5.41, 5.74) is 0. The molecule has 0 fully saturated rings. The van der Waals surface area contributed by atoms with Gasteiger partial charge in [-0.3, -0.25) is 0 Å². The zero-order chi connectivity index (χ0) is 13.2. The molecule has 1 rings (SSSR count). The fraction of sp³-hybridized carbons (Fsp3) is 0.750. The first kappa shape index (κ1) is 15.3. The van der Waals surface area contributed by atoms with Crippen LogP contribution in [-0.2, 0) is 6.42 Å². The quantitative estimate of drug-likeness (QED) is 0.666. The van der Waals surface area contributed by atoms with Crippen molar-refractivity contribution in [1.82, 2.24) is 5.32 Å². The van der Waals surface area contributed by atoms with Crippen LogP contribution in [0, 0.1) is 5.92 Å². The van der Waals surface area contributed by atoms with Gasteiger partial charge in [0.1, 0.15) is 5.76 Å². The lowest BCUT2D eigenvalue weighted by atomic mass is 9.99. The molecule has 0 aliphatic carbocycles. The lowest BCUT2D eigenvalue weighted by Gasteiger charge is -2.18. The molecule has 0 aliphatic heterocycles. The molecule has 1 atom stereocenters. The third-order valence-electron chi connectivity index (χ3n) is 3.34. The highest BCUT2D eigenvalue weighted by Gasteiger charge is 2.09. The lowest BCUT2D eigenvalue weighted by Crippen LogP contribution is -2.30. The van der Waals surface area contributed by atoms with E-state index in [1.807, 2.05) is 6.07 Å². The Kier molecular flexibility index (Phi) is 7.83. The second kappa shape index (κ2) is 9.21. The summed E-state index contributed by atoms with van der Waals surface area (Å²) in [4.78, 5) is 0. The Hall–Kier alpha value is -0.760. The van der Waals surface area contributed by atoms with Gasteiger partial charge in [0.05, 0.1) is 6.26 Å². The van der Waals surface area contributed by atoms with E-state index < -0.39 is 0 Å². The molecule has 1 unspecified atom stereocenters. The highest BCUT2D eigenvalue weighted by atomic mass is 16.3. The average molecular weight is 251 g/mol. The maximum absolute atomic E-state index is 5.40. The van der Waals surface area contributed by atoms with E-state index >= 15 is 0 Å². The van der Waals surface area contributed by atoms with Crippen molar-refractivity contribution in [3.05, 3.63) is 24.2 Å². The van der Waals surface area contributed by atoms with Crippen molar-refractivity contribution in [2.45, 2.75) is 65.3 Å². The first-order valence-electron chi connectivity index (χ1n) is 7.48. The van der Waals surface area contributed by atoms with Crippen LogP contribution >= 0.6 is 0 Å². The van der Waals surface area contributed by atoms with Crippen LogP contribution in [0.1, 0.15) is 58.6 Å². The first-order chi connectivity index (χ1) is 8.72. The molecule has 0 aliphatic rings. The summed E-state index contributed by atoms with van der Waals surface area (Å²) in [6.45, 7) is 7.96. The smallest absolute Gasteiger partial charge is 0.103 e. The Morgan fingerprint density at radius 2 is 2.06 bits per heavy atom. The standard InChI is InChI=1S/C16H29NO/c1-4-12-17-15(8-5-7-14(2)3)10-11-16-9-6-13-18-16/h6,9,13-15,17H,4-5,7-8,10-12H2,1-3H3. The Morgan fingerprint density at radius 3 is 2.67 bits per heavy atom. The zero-order valence-corrected chi connectivity index (χ0v) is 12.2. The number of hydrogen-bond donors (Lipinski definition) is 1. The van der Waals surface area contributed by atoms with Gasteiger partial charge >= 0.3 is 0 Å². The summed E-state index contributed by atoms with van der Waals surface area (Å²) < 4.78 is 5.40. The molecule has 0 aromatic carbocycles. The minimum absolute atomic E-state index is 0.647. The second-order valence-corrected chi connectivity index (χ2v) is 5.59. The maximum Gasteiger partial charge on any atom is 0.103 e. The minimum Gasteiger partial charge on any atom is -0.469 e. The number of nitrogens with one attached hydrogen (secondary N) is 1. The van der Waals surface area contributed by atoms with Gasteiger partial charge in [-0.05, 0) is 43.9 Å². The summed E-state index contributed by atoms with van der Waals surface area (Å²) in [6.07, 6.45) is 9.17. The maximum atomic E-state index is 5.40. The van der Waals surface area contributed by atoms with Crippen LogP contribution in [-0.4, -0.2) is 12.6 Å². The molecule has 104 valence electrons. The van der Waals surface area contributed by atoms with Gasteiger partial charge in [-0.2, -0.15) is 0 Å². The SMILES string of the molecule is CCCNC(CCCC(C)C)CCc1ccco1. The number of furan rings is 1. The predicted molar refractivity (Wildman–Crippen MR) is 77.8 cm³/mol. The third kappa shape index (κ3) is 6.85. The van der Waals surface area contributed by atoms with Gasteiger partial charge in [0.15, 0.2) is 0 Å². The average Bonchev–Trinajstić information content (AvgIpc) is 2.84. The van der Waals surface area contributed by atoms with Crippen molar-refractivity contribution in [3.63, 3.8) is 0 Å². The molecule has 0 bridgehead atoms. The van der Waals surface area contributed by atoms with Crippen molar-refractivity contribution in [2.75, 3.05) is 6.54 Å². The van der Waals surface area contributed by atoms with Gasteiger partial charge < -0.3 is 9.73 Å². The van der Waals surface area contributed by atoms with Crippen LogP contribution in [0.15, 0.2) is 22.8 Å². The van der Waals surface area contributed by atoms with Crippen LogP contribution < -0.4 is 5.32 Å². The molecule has 1 aromatic heterocycles. The van der Waals surface area contributed by atoms with Crippen molar-refractivity contribution in [2.24, 2.45) is 5.92 Å². The molecule has 0 amide bonds. The molecule has 0 saturated heterocycles. The van der Waals surface area contributed by atoms with Crippen molar-refractivity contribution in [3.8, 4) is 0 Å². The van der Waals surface area contributed by atoms with E-state index in [2.05, 4.69) is 32.2 Å². The number of rotatable bonds is 10. The van der Waals surface area contributed by atoms with E-state index in [4.69, 9.17) is 4.42 Å². The Bertz CT molecular complexity index is 279. The minimum atomic E-state index is 0.647. The second-order valence-electron chi connectivity index (χ2n) is 5.59. The Morgan fingerprint density at radius 1 is 1.22 bits per heavy atom. The van der Waals surface area contributed by atoms with Crippen molar-refractivity contribution in [1.29, 1.82) is 0 Å². The van der Waals surface area contributed by atoms with Gasteiger partial charge in [0.2, 0.25) is 0 Å². The fourth-order valence-corrected chi connectivity index (χ4v) is 2.24. The summed E-state index contributed by atoms with van der Waals surface area (Å²) in [5, 5.41) is 3.66. The summed E-state index contributed by atoms with van der Waals surface area (Å²) >= 11 is 0. The summed E-state index contributed by atoms with van der Waals surface area (Å²) in [5.74, 6) is 1.93. The fourth-order valence-electron chi connectivity index (χ4n) is 2.24. The largest absolute Gasteiger partial charge is 0.469 e. The monoisotopic (exact) mass is 251 g/mol. The van der Waals surface area contributed by atoms with Crippen LogP contribution in [0.4, 0.5) is 0 Å². The molecule has 0 spiro atoms. The molecule has 0 radical (unpaired) electrons. The van der Waals surface area contributed by atoms with Crippen molar-refractivity contribution >= 4 is 0 Å². The van der Waals surface area contributed by atoms with E-state index in [1.54, 1.807) is 6.26 Å². The molecule has 1 N–H and O–H groups in total. The number of aryl methyl sites for hydroxylation is 1. The summed E-state index contributed by atoms with van der Waals surface area (Å²) in [6, 6.07) is 4.70. The van der Waals surface area contributed by atoms with Crippen LogP contribution in [0.2, 0.25) is 0 Å². The molecular formula is C16H29NO. The van der Waals surface area contributed by atoms with Crippen molar-refractivity contribution < 1.29 is 4.42 Å². The molecule has 18 heavy (non-hydrogen) atoms. The summed E-state index contributed by atoms with van der Waals surface area (Å²) in [7, 11) is 0. The van der Waals surface area contributed by atoms with Gasteiger partial charge in [-0.25, -0.2) is 0 Å². The van der Waals surface area contributed by atoms with Gasteiger partial charge in [-0.15, -0.1) is 0 Å². The van der Waals surface area contributed by atoms with E-state index in [1.165, 1.54) is 32.1 Å². The van der Waals surface area contributed by atoms with Crippen LogP contribution in [0.3, 0.4) is 0 Å². The normalized spacial score (nSPS) is 13.1. The van der Waals surface area contributed by atoms with Gasteiger partial charge in [0.25, 0.3) is 0 Å². The highest BCUT2D eigenvalue weighted by molar-refractivity contribution is 4.98. The van der Waals surface area contributed by atoms with Gasteiger partial charge in [-0.1, -0.05) is 33.6 Å². The highest BCUT2D eigenvalue weighted by Crippen LogP contribution is 2.13. The molecule has 2 heteroatoms. The lowest BCUT2D eigenvalue weighted by molar-refractivity contribution is 0.402. The Labute approximate surface area is 112 Å². The topological polar surface area (TPSA) is 25.2 Å². The third-order valence-corrected chi connectivity index (χ3v) is 3.34.